The van der Waals surface area contributed by atoms with Crippen LogP contribution in [0.15, 0.2) is 24.3 Å². The van der Waals surface area contributed by atoms with E-state index >= 15 is 0 Å². The molecule has 0 unspecified atom stereocenters. The van der Waals surface area contributed by atoms with Gasteiger partial charge in [0.1, 0.15) is 6.10 Å². The summed E-state index contributed by atoms with van der Waals surface area (Å²) < 4.78 is 6.62. The Morgan fingerprint density at radius 3 is 2.62 bits per heavy atom. The van der Waals surface area contributed by atoms with Crippen molar-refractivity contribution in [3.63, 3.8) is 0 Å². The molecule has 0 fully saturated rings. The molecular formula is C11H14IO. The molecule has 0 bridgehead atoms. The fraction of sp³-hybridized carbons (Fsp3) is 0.364. The first-order chi connectivity index (χ1) is 6.29. The molecule has 0 aliphatic heterocycles. The van der Waals surface area contributed by atoms with Gasteiger partial charge in [-0.3, -0.25) is 0 Å². The first-order valence-electron chi connectivity index (χ1n) is 4.44. The summed E-state index contributed by atoms with van der Waals surface area (Å²) in [5.74, 6) is 0. The van der Waals surface area contributed by atoms with Crippen LogP contribution >= 0.6 is 22.6 Å². The van der Waals surface area contributed by atoms with Crippen molar-refractivity contribution in [3.8, 4) is 0 Å². The van der Waals surface area contributed by atoms with Crippen LogP contribution in [0.25, 0.3) is 0 Å². The maximum absolute atomic E-state index is 5.37. The molecule has 71 valence electrons. The predicted molar refractivity (Wildman–Crippen MR) is 63.4 cm³/mol. The van der Waals surface area contributed by atoms with Gasteiger partial charge >= 0.3 is 0 Å². The van der Waals surface area contributed by atoms with Crippen molar-refractivity contribution in [2.45, 2.75) is 19.8 Å². The lowest BCUT2D eigenvalue weighted by atomic mass is 10.1. The van der Waals surface area contributed by atoms with Gasteiger partial charge in [-0.2, -0.15) is 0 Å². The predicted octanol–water partition coefficient (Wildman–Crippen LogP) is 3.62. The molecule has 0 saturated heterocycles. The molecule has 0 N–H and O–H groups in total. The van der Waals surface area contributed by atoms with Gasteiger partial charge in [-0.05, 0) is 35.1 Å². The van der Waals surface area contributed by atoms with Gasteiger partial charge in [-0.15, -0.1) is 0 Å². The summed E-state index contributed by atoms with van der Waals surface area (Å²) in [6, 6.07) is 8.30. The summed E-state index contributed by atoms with van der Waals surface area (Å²) in [6.07, 6.45) is 3.22. The van der Waals surface area contributed by atoms with Crippen molar-refractivity contribution in [2.24, 2.45) is 0 Å². The summed E-state index contributed by atoms with van der Waals surface area (Å²) in [7, 11) is 1.74. The molecule has 0 heterocycles. The Hall–Kier alpha value is -0.0900. The third kappa shape index (κ3) is 2.95. The monoisotopic (exact) mass is 289 g/mol. The summed E-state index contributed by atoms with van der Waals surface area (Å²) in [4.78, 5) is 0. The molecule has 0 amide bonds. The zero-order chi connectivity index (χ0) is 9.68. The van der Waals surface area contributed by atoms with E-state index in [1.165, 1.54) is 9.13 Å². The minimum atomic E-state index is 1.01. The highest BCUT2D eigenvalue weighted by Gasteiger charge is 2.12. The van der Waals surface area contributed by atoms with Crippen LogP contribution in [0.4, 0.5) is 0 Å². The second-order valence-corrected chi connectivity index (χ2v) is 4.02. The van der Waals surface area contributed by atoms with Gasteiger partial charge in [-0.1, -0.05) is 31.5 Å². The molecule has 1 radical (unpaired) electrons. The second kappa shape index (κ2) is 5.60. The van der Waals surface area contributed by atoms with Gasteiger partial charge in [0.2, 0.25) is 0 Å². The van der Waals surface area contributed by atoms with Crippen LogP contribution in [0.3, 0.4) is 0 Å². The molecule has 0 aliphatic rings. The minimum absolute atomic E-state index is 1.01. The maximum atomic E-state index is 5.37. The van der Waals surface area contributed by atoms with Crippen molar-refractivity contribution in [1.82, 2.24) is 0 Å². The number of rotatable bonds is 4. The second-order valence-electron chi connectivity index (χ2n) is 2.86. The standard InChI is InChI=1S/C11H14IO/c1-3-6-11(13-2)9-7-4-5-8-10(9)12/h4-5,7-8H,3,6H2,1-2H3. The quantitative estimate of drug-likeness (QED) is 0.769. The molecular weight excluding hydrogens is 275 g/mol. The van der Waals surface area contributed by atoms with E-state index in [2.05, 4.69) is 41.6 Å². The van der Waals surface area contributed by atoms with E-state index in [1.807, 2.05) is 12.1 Å². The molecule has 0 spiro atoms. The molecule has 0 atom stereocenters. The average molecular weight is 289 g/mol. The Bertz CT molecular complexity index is 260. The van der Waals surface area contributed by atoms with Crippen molar-refractivity contribution in [1.29, 1.82) is 0 Å². The van der Waals surface area contributed by atoms with Crippen molar-refractivity contribution >= 4 is 22.6 Å². The molecule has 0 saturated carbocycles. The Balaban J connectivity index is 2.84. The van der Waals surface area contributed by atoms with Crippen LogP contribution in [0.2, 0.25) is 0 Å². The van der Waals surface area contributed by atoms with E-state index in [4.69, 9.17) is 4.74 Å². The van der Waals surface area contributed by atoms with Crippen molar-refractivity contribution in [2.75, 3.05) is 7.11 Å². The van der Waals surface area contributed by atoms with E-state index in [1.54, 1.807) is 7.11 Å². The van der Waals surface area contributed by atoms with Gasteiger partial charge in [0, 0.05) is 16.2 Å². The van der Waals surface area contributed by atoms with E-state index < -0.39 is 0 Å². The van der Waals surface area contributed by atoms with E-state index in [0.29, 0.717) is 0 Å². The Kier molecular flexibility index (Phi) is 4.73. The largest absolute Gasteiger partial charge is 0.370 e. The minimum Gasteiger partial charge on any atom is -0.370 e. The number of benzene rings is 1. The van der Waals surface area contributed by atoms with Gasteiger partial charge in [0.25, 0.3) is 0 Å². The number of halogens is 1. The summed E-state index contributed by atoms with van der Waals surface area (Å²) >= 11 is 2.34. The lowest BCUT2D eigenvalue weighted by Crippen LogP contribution is -2.03. The van der Waals surface area contributed by atoms with Crippen LogP contribution in [0.1, 0.15) is 25.3 Å². The summed E-state index contributed by atoms with van der Waals surface area (Å²) in [6.45, 7) is 2.16. The number of hydrogen-bond acceptors (Lipinski definition) is 1. The molecule has 0 aliphatic carbocycles. The molecule has 0 aromatic heterocycles. The number of ether oxygens (including phenoxy) is 1. The van der Waals surface area contributed by atoms with E-state index in [0.717, 1.165) is 18.9 Å². The highest BCUT2D eigenvalue weighted by molar-refractivity contribution is 14.1. The molecule has 2 heteroatoms. The summed E-state index contributed by atoms with van der Waals surface area (Å²) in [5.41, 5.74) is 1.23. The lowest BCUT2D eigenvalue weighted by Gasteiger charge is -2.14. The van der Waals surface area contributed by atoms with Gasteiger partial charge in [-0.25, -0.2) is 0 Å². The number of hydrogen-bond donors (Lipinski definition) is 0. The summed E-state index contributed by atoms with van der Waals surface area (Å²) in [5, 5.41) is 0. The van der Waals surface area contributed by atoms with Crippen molar-refractivity contribution in [3.05, 3.63) is 39.5 Å². The zero-order valence-electron chi connectivity index (χ0n) is 8.01. The maximum Gasteiger partial charge on any atom is 0.127 e. The van der Waals surface area contributed by atoms with Crippen LogP contribution in [-0.2, 0) is 4.74 Å². The fourth-order valence-corrected chi connectivity index (χ4v) is 1.95. The van der Waals surface area contributed by atoms with E-state index in [9.17, 15) is 0 Å². The van der Waals surface area contributed by atoms with Gasteiger partial charge < -0.3 is 4.74 Å². The third-order valence-corrected chi connectivity index (χ3v) is 2.84. The van der Waals surface area contributed by atoms with Crippen LogP contribution < -0.4 is 0 Å². The smallest absolute Gasteiger partial charge is 0.127 e. The number of methoxy groups -OCH3 is 1. The first kappa shape index (κ1) is 11.0. The Morgan fingerprint density at radius 1 is 1.38 bits per heavy atom. The highest BCUT2D eigenvalue weighted by Crippen LogP contribution is 2.25. The van der Waals surface area contributed by atoms with Crippen LogP contribution in [0, 0.1) is 9.67 Å². The van der Waals surface area contributed by atoms with E-state index in [-0.39, 0.29) is 0 Å². The molecule has 1 aromatic carbocycles. The molecule has 1 rings (SSSR count). The van der Waals surface area contributed by atoms with Crippen LogP contribution in [0.5, 0.6) is 0 Å². The SMILES string of the molecule is CCC[C](OC)c1ccccc1I. The highest BCUT2D eigenvalue weighted by atomic mass is 127. The Morgan fingerprint density at radius 2 is 2.08 bits per heavy atom. The first-order valence-corrected chi connectivity index (χ1v) is 5.52. The molecule has 13 heavy (non-hydrogen) atoms. The van der Waals surface area contributed by atoms with Crippen molar-refractivity contribution < 1.29 is 4.74 Å². The third-order valence-electron chi connectivity index (χ3n) is 1.90. The average Bonchev–Trinajstić information content (AvgIpc) is 2.16. The lowest BCUT2D eigenvalue weighted by molar-refractivity contribution is 0.215. The topological polar surface area (TPSA) is 9.23 Å². The fourth-order valence-electron chi connectivity index (χ4n) is 1.26. The zero-order valence-corrected chi connectivity index (χ0v) is 10.2. The molecule has 1 aromatic rings. The normalized spacial score (nSPS) is 10.8. The Labute approximate surface area is 93.6 Å². The molecule has 1 nitrogen and oxygen atoms in total. The van der Waals surface area contributed by atoms with Gasteiger partial charge in [0.05, 0.1) is 0 Å². The van der Waals surface area contributed by atoms with Crippen LogP contribution in [-0.4, -0.2) is 7.11 Å². The van der Waals surface area contributed by atoms with Gasteiger partial charge in [0.15, 0.2) is 0 Å².